The summed E-state index contributed by atoms with van der Waals surface area (Å²) in [4.78, 5) is 21.8. The van der Waals surface area contributed by atoms with E-state index < -0.39 is 5.97 Å². The maximum atomic E-state index is 11.1. The first kappa shape index (κ1) is 14.7. The summed E-state index contributed by atoms with van der Waals surface area (Å²) in [5, 5.41) is 0. The zero-order chi connectivity index (χ0) is 12.2. The molecule has 5 heteroatoms. The summed E-state index contributed by atoms with van der Waals surface area (Å²) in [6, 6.07) is 0. The number of hydrogen-bond acceptors (Lipinski definition) is 4. The molecule has 0 amide bonds. The summed E-state index contributed by atoms with van der Waals surface area (Å²) in [5.41, 5.74) is 0. The summed E-state index contributed by atoms with van der Waals surface area (Å²) < 4.78 is 9.52. The molecule has 0 spiro atoms. The number of carbonyl (C=O) groups excluding carboxylic acids is 2. The van der Waals surface area contributed by atoms with Crippen molar-refractivity contribution in [2.24, 2.45) is 0 Å². The third-order valence-corrected chi connectivity index (χ3v) is 1.99. The maximum Gasteiger partial charge on any atom is 0.330 e. The Morgan fingerprint density at radius 2 is 1.81 bits per heavy atom. The highest BCUT2D eigenvalue weighted by atomic mass is 16.6. The number of rotatable bonds is 9. The minimum Gasteiger partial charge on any atom is -0.462 e. The summed E-state index contributed by atoms with van der Waals surface area (Å²) in [6.07, 6.45) is 5.72. The van der Waals surface area contributed by atoms with Gasteiger partial charge in [0.2, 0.25) is 0 Å². The fraction of sp³-hybridized carbons (Fsp3) is 0.636. The Morgan fingerprint density at radius 3 is 2.44 bits per heavy atom. The largest absolute Gasteiger partial charge is 0.462 e. The lowest BCUT2D eigenvalue weighted by Crippen LogP contribution is -2.12. The fourth-order valence-corrected chi connectivity index (χ4v) is 1.12. The van der Waals surface area contributed by atoms with Crippen molar-refractivity contribution >= 4 is 19.8 Å². The normalized spacial score (nSPS) is 9.50. The molecule has 0 radical (unpaired) electrons. The van der Waals surface area contributed by atoms with Crippen LogP contribution in [0.5, 0.6) is 0 Å². The molecule has 0 aliphatic carbocycles. The Hall–Kier alpha value is -1.26. The lowest BCUT2D eigenvalue weighted by atomic mass is 9.99. The molecule has 0 aromatic heterocycles. The third kappa shape index (κ3) is 9.31. The van der Waals surface area contributed by atoms with Crippen LogP contribution in [0.25, 0.3) is 0 Å². The van der Waals surface area contributed by atoms with Gasteiger partial charge in [0.25, 0.3) is 0 Å². The Bertz CT molecular complexity index is 228. The molecule has 0 atom stereocenters. The predicted octanol–water partition coefficient (Wildman–Crippen LogP) is 0.871. The van der Waals surface area contributed by atoms with E-state index in [0.717, 1.165) is 31.7 Å². The van der Waals surface area contributed by atoms with E-state index in [4.69, 9.17) is 4.74 Å². The minimum absolute atomic E-state index is 0.0888. The van der Waals surface area contributed by atoms with Crippen molar-refractivity contribution in [2.45, 2.75) is 32.0 Å². The van der Waals surface area contributed by atoms with Crippen LogP contribution in [0.15, 0.2) is 12.7 Å². The van der Waals surface area contributed by atoms with Crippen molar-refractivity contribution in [1.82, 2.24) is 0 Å². The highest BCUT2D eigenvalue weighted by Gasteiger charge is 2.02. The zero-order valence-electron chi connectivity index (χ0n) is 9.87. The first-order valence-electron chi connectivity index (χ1n) is 5.65. The topological polar surface area (TPSA) is 52.6 Å². The van der Waals surface area contributed by atoms with E-state index >= 15 is 0 Å². The van der Waals surface area contributed by atoms with E-state index in [-0.39, 0.29) is 19.2 Å². The first-order chi connectivity index (χ1) is 7.70. The van der Waals surface area contributed by atoms with Crippen LogP contribution in [0.1, 0.15) is 25.7 Å². The molecule has 0 bridgehead atoms. The van der Waals surface area contributed by atoms with Gasteiger partial charge in [0.1, 0.15) is 21.1 Å². The average molecular weight is 226 g/mol. The van der Waals surface area contributed by atoms with E-state index in [2.05, 4.69) is 19.2 Å². The van der Waals surface area contributed by atoms with Gasteiger partial charge in [-0.25, -0.2) is 4.79 Å². The predicted molar refractivity (Wildman–Crippen MR) is 63.9 cm³/mol. The molecule has 0 aliphatic heterocycles. The molecule has 90 valence electrons. The summed E-state index contributed by atoms with van der Waals surface area (Å²) in [5.74, 6) is -0.732. The Kier molecular flexibility index (Phi) is 9.46. The summed E-state index contributed by atoms with van der Waals surface area (Å²) in [6.45, 7) is 3.46. The van der Waals surface area contributed by atoms with Crippen LogP contribution >= 0.6 is 0 Å². The van der Waals surface area contributed by atoms with Gasteiger partial charge in [-0.2, -0.15) is 0 Å². The number of hydrogen-bond donors (Lipinski definition) is 0. The van der Waals surface area contributed by atoms with Gasteiger partial charge in [-0.15, -0.1) is 0 Å². The van der Waals surface area contributed by atoms with E-state index in [1.54, 1.807) is 0 Å². The lowest BCUT2D eigenvalue weighted by molar-refractivity contribution is -0.149. The number of unbranched alkanes of at least 4 members (excludes halogenated alkanes) is 2. The number of ether oxygens (including phenoxy) is 2. The van der Waals surface area contributed by atoms with Gasteiger partial charge in [-0.1, -0.05) is 25.7 Å². The van der Waals surface area contributed by atoms with Crippen LogP contribution in [-0.4, -0.2) is 33.0 Å². The van der Waals surface area contributed by atoms with E-state index in [1.807, 2.05) is 0 Å². The second-order valence-corrected chi connectivity index (χ2v) is 3.40. The quantitative estimate of drug-likeness (QED) is 0.253. The Labute approximate surface area is 97.4 Å². The van der Waals surface area contributed by atoms with Crippen LogP contribution in [0.2, 0.25) is 6.32 Å². The van der Waals surface area contributed by atoms with Crippen molar-refractivity contribution in [3.63, 3.8) is 0 Å². The van der Waals surface area contributed by atoms with Gasteiger partial charge in [0, 0.05) is 12.5 Å². The summed E-state index contributed by atoms with van der Waals surface area (Å²) >= 11 is 0. The Morgan fingerprint density at radius 1 is 1.12 bits per heavy atom. The molecule has 0 heterocycles. The average Bonchev–Trinajstić information content (AvgIpc) is 2.30. The van der Waals surface area contributed by atoms with Crippen molar-refractivity contribution < 1.29 is 19.1 Å². The molecular weight excluding hydrogens is 207 g/mol. The summed E-state index contributed by atoms with van der Waals surface area (Å²) in [7, 11) is 2.12. The molecule has 0 N–H and O–H groups in total. The highest BCUT2D eigenvalue weighted by Crippen LogP contribution is 2.02. The van der Waals surface area contributed by atoms with Gasteiger partial charge in [-0.3, -0.25) is 4.79 Å². The van der Waals surface area contributed by atoms with Crippen LogP contribution < -0.4 is 0 Å². The number of carbonyl (C=O) groups is 2. The lowest BCUT2D eigenvalue weighted by Gasteiger charge is -2.04. The van der Waals surface area contributed by atoms with Gasteiger partial charge in [0.15, 0.2) is 0 Å². The van der Waals surface area contributed by atoms with Gasteiger partial charge in [0.05, 0.1) is 0 Å². The molecule has 0 rings (SSSR count). The van der Waals surface area contributed by atoms with E-state index in [1.165, 1.54) is 0 Å². The molecule has 0 saturated carbocycles. The Balaban J connectivity index is 3.30. The van der Waals surface area contributed by atoms with Crippen molar-refractivity contribution in [1.29, 1.82) is 0 Å². The second kappa shape index (κ2) is 10.3. The molecular formula is C11H19BO4. The van der Waals surface area contributed by atoms with Crippen LogP contribution in [-0.2, 0) is 19.1 Å². The van der Waals surface area contributed by atoms with Crippen molar-refractivity contribution in [2.75, 3.05) is 13.2 Å². The van der Waals surface area contributed by atoms with Crippen LogP contribution in [0.3, 0.4) is 0 Å². The molecule has 16 heavy (non-hydrogen) atoms. The third-order valence-electron chi connectivity index (χ3n) is 1.99. The van der Waals surface area contributed by atoms with E-state index in [0.29, 0.717) is 6.42 Å². The van der Waals surface area contributed by atoms with Crippen LogP contribution in [0.4, 0.5) is 0 Å². The van der Waals surface area contributed by atoms with Gasteiger partial charge >= 0.3 is 11.9 Å². The maximum absolute atomic E-state index is 11.1. The molecule has 0 aliphatic rings. The molecule has 4 nitrogen and oxygen atoms in total. The smallest absolute Gasteiger partial charge is 0.330 e. The highest BCUT2D eigenvalue weighted by molar-refractivity contribution is 6.08. The first-order valence-corrected chi connectivity index (χ1v) is 5.65. The fourth-order valence-electron chi connectivity index (χ4n) is 1.12. The molecule has 0 saturated heterocycles. The SMILES string of the molecule is BCCCCCC(=O)OCCOC(=O)C=C. The minimum atomic E-state index is -0.501. The monoisotopic (exact) mass is 226 g/mol. The van der Waals surface area contributed by atoms with Crippen molar-refractivity contribution in [3.05, 3.63) is 12.7 Å². The molecule has 0 aromatic carbocycles. The molecule has 0 fully saturated rings. The van der Waals surface area contributed by atoms with E-state index in [9.17, 15) is 9.59 Å². The second-order valence-electron chi connectivity index (χ2n) is 3.40. The van der Waals surface area contributed by atoms with Gasteiger partial charge < -0.3 is 9.47 Å². The number of esters is 2. The van der Waals surface area contributed by atoms with Crippen LogP contribution in [0, 0.1) is 0 Å². The zero-order valence-corrected chi connectivity index (χ0v) is 9.87. The standard InChI is InChI=1S/C11H19BO4/c1-2-10(13)15-8-9-16-11(14)6-4-3-5-7-12/h2H,1,3-9,12H2. The molecule has 0 unspecified atom stereocenters. The van der Waals surface area contributed by atoms with Crippen molar-refractivity contribution in [3.8, 4) is 0 Å². The molecule has 0 aromatic rings. The van der Waals surface area contributed by atoms with Gasteiger partial charge in [-0.05, 0) is 6.42 Å².